The number of hydrogen-bond donors (Lipinski definition) is 1. The molecule has 0 radical (unpaired) electrons. The number of likely N-dealkylation sites (tertiary alicyclic amines) is 1. The molecule has 86 valence electrons. The number of pyridine rings is 1. The molecule has 1 atom stereocenters. The Kier molecular flexibility index (Phi) is 2.86. The van der Waals surface area contributed by atoms with E-state index in [4.69, 9.17) is 0 Å². The van der Waals surface area contributed by atoms with Crippen LogP contribution in [0.25, 0.3) is 0 Å². The Bertz CT molecular complexity index is 361. The van der Waals surface area contributed by atoms with Crippen molar-refractivity contribution in [3.05, 3.63) is 22.9 Å². The van der Waals surface area contributed by atoms with Gasteiger partial charge in [-0.15, -0.1) is 0 Å². The first-order valence-electron chi connectivity index (χ1n) is 5.93. The number of hydrogen-bond acceptors (Lipinski definition) is 3. The van der Waals surface area contributed by atoms with E-state index >= 15 is 0 Å². The van der Waals surface area contributed by atoms with Crippen molar-refractivity contribution in [1.29, 1.82) is 0 Å². The third-order valence-electron chi connectivity index (χ3n) is 3.38. The van der Waals surface area contributed by atoms with E-state index in [9.17, 15) is 0 Å². The second-order valence-corrected chi connectivity index (χ2v) is 5.54. The van der Waals surface area contributed by atoms with Gasteiger partial charge in [0.15, 0.2) is 0 Å². The van der Waals surface area contributed by atoms with E-state index in [1.54, 1.807) is 0 Å². The minimum atomic E-state index is 0.601. The molecule has 1 saturated carbocycles. The Balaban J connectivity index is 1.57. The number of halogens is 1. The smallest absolute Gasteiger partial charge is 0.106 e. The van der Waals surface area contributed by atoms with E-state index in [-0.39, 0.29) is 0 Å². The molecular formula is C12H16BrN3. The summed E-state index contributed by atoms with van der Waals surface area (Å²) in [6.07, 6.45) is 5.97. The molecule has 1 unspecified atom stereocenters. The zero-order valence-electron chi connectivity index (χ0n) is 9.19. The number of nitrogens with one attached hydrogen (secondary N) is 1. The van der Waals surface area contributed by atoms with Crippen molar-refractivity contribution in [3.63, 3.8) is 0 Å². The van der Waals surface area contributed by atoms with Gasteiger partial charge in [0, 0.05) is 25.2 Å². The molecule has 0 bridgehead atoms. The van der Waals surface area contributed by atoms with Crippen molar-refractivity contribution >= 4 is 21.6 Å². The van der Waals surface area contributed by atoms with E-state index in [1.165, 1.54) is 32.4 Å². The summed E-state index contributed by atoms with van der Waals surface area (Å²) in [5.74, 6) is 0. The molecule has 4 heteroatoms. The van der Waals surface area contributed by atoms with Gasteiger partial charge in [-0.2, -0.15) is 0 Å². The molecule has 1 saturated heterocycles. The van der Waals surface area contributed by atoms with E-state index in [1.807, 2.05) is 12.3 Å². The first-order valence-corrected chi connectivity index (χ1v) is 6.73. The van der Waals surface area contributed by atoms with Crippen LogP contribution in [0, 0.1) is 0 Å². The van der Waals surface area contributed by atoms with Gasteiger partial charge in [0.2, 0.25) is 0 Å². The van der Waals surface area contributed by atoms with Crippen LogP contribution >= 0.6 is 15.9 Å². The topological polar surface area (TPSA) is 28.2 Å². The lowest BCUT2D eigenvalue weighted by atomic mass is 10.2. The summed E-state index contributed by atoms with van der Waals surface area (Å²) in [7, 11) is 0. The lowest BCUT2D eigenvalue weighted by Crippen LogP contribution is -2.27. The van der Waals surface area contributed by atoms with E-state index in [0.29, 0.717) is 6.04 Å². The van der Waals surface area contributed by atoms with E-state index in [0.717, 1.165) is 16.3 Å². The predicted octanol–water partition coefficient (Wildman–Crippen LogP) is 2.49. The third-order valence-corrected chi connectivity index (χ3v) is 3.85. The van der Waals surface area contributed by atoms with Crippen molar-refractivity contribution in [3.8, 4) is 0 Å². The number of rotatable bonds is 3. The molecule has 2 heterocycles. The standard InChI is InChI=1S/C12H16BrN3/c13-12-4-1-9(7-14-12)15-10-5-6-16(8-10)11-2-3-11/h1,4,7,10-11,15H,2-3,5-6,8H2. The molecular weight excluding hydrogens is 266 g/mol. The van der Waals surface area contributed by atoms with Crippen LogP contribution in [0.15, 0.2) is 22.9 Å². The lowest BCUT2D eigenvalue weighted by Gasteiger charge is -2.16. The highest BCUT2D eigenvalue weighted by atomic mass is 79.9. The number of nitrogens with zero attached hydrogens (tertiary/aromatic N) is 2. The normalized spacial score (nSPS) is 25.9. The van der Waals surface area contributed by atoms with Gasteiger partial charge >= 0.3 is 0 Å². The molecule has 3 nitrogen and oxygen atoms in total. The Labute approximate surface area is 104 Å². The maximum Gasteiger partial charge on any atom is 0.106 e. The van der Waals surface area contributed by atoms with Gasteiger partial charge in [-0.1, -0.05) is 0 Å². The first kappa shape index (κ1) is 10.5. The lowest BCUT2D eigenvalue weighted by molar-refractivity contribution is 0.326. The monoisotopic (exact) mass is 281 g/mol. The predicted molar refractivity (Wildman–Crippen MR) is 68.6 cm³/mol. The fraction of sp³-hybridized carbons (Fsp3) is 0.583. The zero-order chi connectivity index (χ0) is 11.0. The molecule has 2 fully saturated rings. The molecule has 16 heavy (non-hydrogen) atoms. The third kappa shape index (κ3) is 2.38. The van der Waals surface area contributed by atoms with Crippen LogP contribution in [0.4, 0.5) is 5.69 Å². The van der Waals surface area contributed by atoms with Gasteiger partial charge in [0.1, 0.15) is 4.60 Å². The molecule has 3 rings (SSSR count). The molecule has 1 N–H and O–H groups in total. The largest absolute Gasteiger partial charge is 0.380 e. The molecule has 0 amide bonds. The van der Waals surface area contributed by atoms with Gasteiger partial charge in [-0.25, -0.2) is 4.98 Å². The van der Waals surface area contributed by atoms with Crippen LogP contribution in [0.1, 0.15) is 19.3 Å². The van der Waals surface area contributed by atoms with E-state index in [2.05, 4.69) is 37.2 Å². The van der Waals surface area contributed by atoms with Crippen LogP contribution in [0.3, 0.4) is 0 Å². The van der Waals surface area contributed by atoms with Crippen molar-refractivity contribution in [2.75, 3.05) is 18.4 Å². The Morgan fingerprint density at radius 1 is 1.31 bits per heavy atom. The molecule has 1 aromatic heterocycles. The van der Waals surface area contributed by atoms with Gasteiger partial charge in [0.25, 0.3) is 0 Å². The van der Waals surface area contributed by atoms with Crippen molar-refractivity contribution in [2.24, 2.45) is 0 Å². The summed E-state index contributed by atoms with van der Waals surface area (Å²) >= 11 is 3.35. The molecule has 2 aliphatic rings. The minimum absolute atomic E-state index is 0.601. The SMILES string of the molecule is Brc1ccc(NC2CCN(C3CC3)C2)cn1. The van der Waals surface area contributed by atoms with Crippen molar-refractivity contribution in [2.45, 2.75) is 31.3 Å². The first-order chi connectivity index (χ1) is 7.81. The molecule has 1 aromatic rings. The van der Waals surface area contributed by atoms with Crippen molar-refractivity contribution < 1.29 is 0 Å². The van der Waals surface area contributed by atoms with Gasteiger partial charge in [0.05, 0.1) is 11.9 Å². The summed E-state index contributed by atoms with van der Waals surface area (Å²) < 4.78 is 0.893. The van der Waals surface area contributed by atoms with Crippen LogP contribution in [-0.2, 0) is 0 Å². The Morgan fingerprint density at radius 3 is 2.88 bits per heavy atom. The van der Waals surface area contributed by atoms with Gasteiger partial charge in [-0.3, -0.25) is 4.90 Å². The summed E-state index contributed by atoms with van der Waals surface area (Å²) in [5, 5.41) is 3.56. The van der Waals surface area contributed by atoms with Crippen LogP contribution in [0.2, 0.25) is 0 Å². The van der Waals surface area contributed by atoms with Crippen LogP contribution in [-0.4, -0.2) is 35.1 Å². The minimum Gasteiger partial charge on any atom is -0.380 e. The second-order valence-electron chi connectivity index (χ2n) is 4.73. The molecule has 1 aliphatic carbocycles. The highest BCUT2D eigenvalue weighted by Gasteiger charge is 2.34. The highest BCUT2D eigenvalue weighted by Crippen LogP contribution is 2.30. The number of aromatic nitrogens is 1. The average molecular weight is 282 g/mol. The average Bonchev–Trinajstić information content (AvgIpc) is 3.04. The fourth-order valence-corrected chi connectivity index (χ4v) is 2.61. The van der Waals surface area contributed by atoms with Crippen LogP contribution in [0.5, 0.6) is 0 Å². The maximum atomic E-state index is 4.23. The summed E-state index contributed by atoms with van der Waals surface area (Å²) in [6, 6.07) is 5.56. The fourth-order valence-electron chi connectivity index (χ4n) is 2.37. The van der Waals surface area contributed by atoms with E-state index < -0.39 is 0 Å². The Morgan fingerprint density at radius 2 is 2.19 bits per heavy atom. The Hall–Kier alpha value is -0.610. The summed E-state index contributed by atoms with van der Waals surface area (Å²) in [4.78, 5) is 6.84. The van der Waals surface area contributed by atoms with Crippen molar-refractivity contribution in [1.82, 2.24) is 9.88 Å². The van der Waals surface area contributed by atoms with Gasteiger partial charge < -0.3 is 5.32 Å². The summed E-state index contributed by atoms with van der Waals surface area (Å²) in [5.41, 5.74) is 1.13. The molecule has 0 aromatic carbocycles. The molecule has 1 aliphatic heterocycles. The quantitative estimate of drug-likeness (QED) is 0.863. The van der Waals surface area contributed by atoms with Gasteiger partial charge in [-0.05, 0) is 47.3 Å². The summed E-state index contributed by atoms with van der Waals surface area (Å²) in [6.45, 7) is 2.45. The van der Waals surface area contributed by atoms with Crippen LogP contribution < -0.4 is 5.32 Å². The molecule has 0 spiro atoms. The second kappa shape index (κ2) is 4.34. The maximum absolute atomic E-state index is 4.23. The highest BCUT2D eigenvalue weighted by molar-refractivity contribution is 9.10. The zero-order valence-corrected chi connectivity index (χ0v) is 10.8. The number of anilines is 1.